The van der Waals surface area contributed by atoms with Crippen molar-refractivity contribution >= 4 is 23.0 Å². The van der Waals surface area contributed by atoms with E-state index in [1.165, 1.54) is 0 Å². The number of morpholine rings is 1. The van der Waals surface area contributed by atoms with E-state index in [1.54, 1.807) is 12.3 Å². The van der Waals surface area contributed by atoms with Gasteiger partial charge in [0.05, 0.1) is 24.6 Å². The second kappa shape index (κ2) is 9.92. The Balaban J connectivity index is 1.68. The molecule has 1 aliphatic rings. The molecule has 0 radical (unpaired) electrons. The number of nitrogens with one attached hydrogen (secondary N) is 2. The van der Waals surface area contributed by atoms with Crippen LogP contribution in [0.2, 0.25) is 0 Å². The third kappa shape index (κ3) is 5.44. The highest BCUT2D eigenvalue weighted by Crippen LogP contribution is 2.29. The number of carbonyl (C=O) groups is 1. The minimum Gasteiger partial charge on any atom is -0.378 e. The number of rotatable bonds is 8. The Morgan fingerprint density at radius 2 is 2.00 bits per heavy atom. The van der Waals surface area contributed by atoms with Gasteiger partial charge in [-0.15, -0.1) is 0 Å². The Morgan fingerprint density at radius 1 is 1.19 bits per heavy atom. The molecule has 0 aliphatic carbocycles. The number of amides is 1. The maximum absolute atomic E-state index is 12.3. The zero-order valence-corrected chi connectivity index (χ0v) is 15.9. The van der Waals surface area contributed by atoms with Crippen molar-refractivity contribution in [2.45, 2.75) is 26.2 Å². The lowest BCUT2D eigenvalue weighted by Gasteiger charge is -2.30. The summed E-state index contributed by atoms with van der Waals surface area (Å²) in [6.45, 7) is 6.07. The van der Waals surface area contributed by atoms with E-state index in [-0.39, 0.29) is 5.91 Å². The highest BCUT2D eigenvalue weighted by Gasteiger charge is 2.15. The highest BCUT2D eigenvalue weighted by molar-refractivity contribution is 5.93. The summed E-state index contributed by atoms with van der Waals surface area (Å²) >= 11 is 0. The maximum Gasteiger partial charge on any atom is 0.269 e. The number of nitrogens with zero attached hydrogens (tertiary/aromatic N) is 2. The van der Waals surface area contributed by atoms with Crippen molar-refractivity contribution in [1.82, 2.24) is 10.3 Å². The first-order valence-electron chi connectivity index (χ1n) is 9.71. The zero-order chi connectivity index (χ0) is 18.9. The van der Waals surface area contributed by atoms with Gasteiger partial charge in [-0.05, 0) is 30.7 Å². The number of hydrogen-bond donors (Lipinski definition) is 2. The quantitative estimate of drug-likeness (QED) is 0.697. The van der Waals surface area contributed by atoms with Gasteiger partial charge in [-0.2, -0.15) is 0 Å². The highest BCUT2D eigenvalue weighted by atomic mass is 16.5. The third-order valence-corrected chi connectivity index (χ3v) is 4.59. The maximum atomic E-state index is 12.3. The van der Waals surface area contributed by atoms with Gasteiger partial charge in [0.15, 0.2) is 0 Å². The second-order valence-electron chi connectivity index (χ2n) is 6.63. The lowest BCUT2D eigenvalue weighted by Crippen LogP contribution is -2.36. The van der Waals surface area contributed by atoms with Crippen LogP contribution in [0, 0.1) is 0 Å². The number of benzene rings is 1. The molecule has 1 amide bonds. The molecule has 2 aromatic rings. The number of para-hydroxylation sites is 2. The number of aromatic nitrogens is 1. The topological polar surface area (TPSA) is 66.5 Å². The van der Waals surface area contributed by atoms with Gasteiger partial charge in [0.2, 0.25) is 0 Å². The lowest BCUT2D eigenvalue weighted by molar-refractivity contribution is 0.0948. The predicted molar refractivity (Wildman–Crippen MR) is 109 cm³/mol. The largest absolute Gasteiger partial charge is 0.378 e. The van der Waals surface area contributed by atoms with E-state index in [9.17, 15) is 4.79 Å². The molecule has 0 spiro atoms. The van der Waals surface area contributed by atoms with Crippen LogP contribution in [-0.4, -0.2) is 43.7 Å². The summed E-state index contributed by atoms with van der Waals surface area (Å²) in [6, 6.07) is 11.9. The molecule has 27 heavy (non-hydrogen) atoms. The normalized spacial score (nSPS) is 14.0. The van der Waals surface area contributed by atoms with E-state index >= 15 is 0 Å². The smallest absolute Gasteiger partial charge is 0.269 e. The van der Waals surface area contributed by atoms with E-state index in [0.29, 0.717) is 12.2 Å². The van der Waals surface area contributed by atoms with Crippen LogP contribution in [0.1, 0.15) is 36.7 Å². The molecule has 1 aliphatic heterocycles. The molecule has 0 atom stereocenters. The molecular formula is C21H28N4O2. The van der Waals surface area contributed by atoms with Crippen LogP contribution >= 0.6 is 0 Å². The fourth-order valence-electron chi connectivity index (χ4n) is 3.11. The molecule has 6 heteroatoms. The molecular weight excluding hydrogens is 340 g/mol. The average Bonchev–Trinajstić information content (AvgIpc) is 2.72. The Hall–Kier alpha value is -2.60. The monoisotopic (exact) mass is 368 g/mol. The Morgan fingerprint density at radius 3 is 2.81 bits per heavy atom. The van der Waals surface area contributed by atoms with Crippen LogP contribution in [0.4, 0.5) is 17.1 Å². The third-order valence-electron chi connectivity index (χ3n) is 4.59. The molecule has 0 saturated carbocycles. The van der Waals surface area contributed by atoms with E-state index < -0.39 is 0 Å². The first-order chi connectivity index (χ1) is 13.3. The van der Waals surface area contributed by atoms with Crippen LogP contribution in [0.15, 0.2) is 42.6 Å². The van der Waals surface area contributed by atoms with Crippen LogP contribution in [0.3, 0.4) is 0 Å². The van der Waals surface area contributed by atoms with Crippen molar-refractivity contribution in [2.75, 3.05) is 43.1 Å². The number of hydrogen-bond acceptors (Lipinski definition) is 5. The molecule has 0 bridgehead atoms. The van der Waals surface area contributed by atoms with Crippen molar-refractivity contribution in [3.05, 3.63) is 48.3 Å². The van der Waals surface area contributed by atoms with Crippen LogP contribution in [0.25, 0.3) is 0 Å². The summed E-state index contributed by atoms with van der Waals surface area (Å²) < 4.78 is 5.45. The fourth-order valence-corrected chi connectivity index (χ4v) is 3.11. The van der Waals surface area contributed by atoms with Gasteiger partial charge < -0.3 is 20.3 Å². The standard InChI is InChI=1S/C21H28N4O2/c1-2-3-6-10-23-21(26)19-16-17(9-11-22-19)24-18-7-4-5-8-20(18)25-12-14-27-15-13-25/h4-5,7-9,11,16H,2-3,6,10,12-15H2,1H3,(H,22,24)(H,23,26). The van der Waals surface area contributed by atoms with E-state index in [4.69, 9.17) is 4.74 Å². The molecule has 1 fully saturated rings. The molecule has 144 valence electrons. The Kier molecular flexibility index (Phi) is 7.04. The van der Waals surface area contributed by atoms with Crippen LogP contribution in [-0.2, 0) is 4.74 Å². The van der Waals surface area contributed by atoms with Crippen molar-refractivity contribution < 1.29 is 9.53 Å². The van der Waals surface area contributed by atoms with E-state index in [0.717, 1.165) is 62.6 Å². The fraction of sp³-hybridized carbons (Fsp3) is 0.429. The molecule has 3 rings (SSSR count). The summed E-state index contributed by atoms with van der Waals surface area (Å²) in [7, 11) is 0. The zero-order valence-electron chi connectivity index (χ0n) is 15.9. The van der Waals surface area contributed by atoms with E-state index in [1.807, 2.05) is 18.2 Å². The molecule has 0 unspecified atom stereocenters. The first-order valence-corrected chi connectivity index (χ1v) is 9.71. The summed E-state index contributed by atoms with van der Waals surface area (Å²) in [5, 5.41) is 6.38. The van der Waals surface area contributed by atoms with E-state index in [2.05, 4.69) is 39.6 Å². The van der Waals surface area contributed by atoms with Gasteiger partial charge in [0.1, 0.15) is 5.69 Å². The summed E-state index contributed by atoms with van der Waals surface area (Å²) in [5.41, 5.74) is 3.44. The molecule has 1 aromatic heterocycles. The average molecular weight is 368 g/mol. The molecule has 1 aromatic carbocycles. The van der Waals surface area contributed by atoms with Crippen molar-refractivity contribution in [1.29, 1.82) is 0 Å². The number of unbranched alkanes of at least 4 members (excludes halogenated alkanes) is 2. The van der Waals surface area contributed by atoms with Gasteiger partial charge in [0, 0.05) is 31.5 Å². The number of pyridine rings is 1. The first kappa shape index (κ1) is 19.2. The SMILES string of the molecule is CCCCCNC(=O)c1cc(Nc2ccccc2N2CCOCC2)ccn1. The summed E-state index contributed by atoms with van der Waals surface area (Å²) in [4.78, 5) is 18.8. The van der Waals surface area contributed by atoms with Crippen LogP contribution in [0.5, 0.6) is 0 Å². The van der Waals surface area contributed by atoms with Crippen molar-refractivity contribution in [3.63, 3.8) is 0 Å². The van der Waals surface area contributed by atoms with Gasteiger partial charge in [0.25, 0.3) is 5.91 Å². The summed E-state index contributed by atoms with van der Waals surface area (Å²) in [6.07, 6.45) is 4.91. The molecule has 2 heterocycles. The number of carbonyl (C=O) groups excluding carboxylic acids is 1. The minimum atomic E-state index is -0.129. The molecule has 1 saturated heterocycles. The second-order valence-corrected chi connectivity index (χ2v) is 6.63. The molecule has 6 nitrogen and oxygen atoms in total. The predicted octanol–water partition coefficient (Wildman–Crippen LogP) is 3.58. The number of ether oxygens (including phenoxy) is 1. The summed E-state index contributed by atoms with van der Waals surface area (Å²) in [5.74, 6) is -0.129. The lowest BCUT2D eigenvalue weighted by atomic mass is 10.2. The van der Waals surface area contributed by atoms with Crippen molar-refractivity contribution in [2.24, 2.45) is 0 Å². The van der Waals surface area contributed by atoms with Gasteiger partial charge >= 0.3 is 0 Å². The minimum absolute atomic E-state index is 0.129. The van der Waals surface area contributed by atoms with Gasteiger partial charge in [-0.1, -0.05) is 31.9 Å². The van der Waals surface area contributed by atoms with Crippen LogP contribution < -0.4 is 15.5 Å². The Bertz CT molecular complexity index is 744. The molecule has 2 N–H and O–H groups in total. The van der Waals surface area contributed by atoms with Gasteiger partial charge in [-0.25, -0.2) is 0 Å². The van der Waals surface area contributed by atoms with Crippen molar-refractivity contribution in [3.8, 4) is 0 Å². The van der Waals surface area contributed by atoms with Gasteiger partial charge in [-0.3, -0.25) is 9.78 Å². The Labute approximate surface area is 160 Å². The number of anilines is 3.